The van der Waals surface area contributed by atoms with Gasteiger partial charge >= 0.3 is 0 Å². The van der Waals surface area contributed by atoms with Crippen molar-refractivity contribution in [2.45, 2.75) is 18.9 Å². The summed E-state index contributed by atoms with van der Waals surface area (Å²) >= 11 is 6.61. The summed E-state index contributed by atoms with van der Waals surface area (Å²) in [6.45, 7) is 2.85. The Morgan fingerprint density at radius 1 is 1.33 bits per heavy atom. The lowest BCUT2D eigenvalue weighted by Crippen LogP contribution is -2.16. The van der Waals surface area contributed by atoms with Crippen molar-refractivity contribution in [2.24, 2.45) is 0 Å². The highest BCUT2D eigenvalue weighted by Crippen LogP contribution is 2.33. The van der Waals surface area contributed by atoms with Gasteiger partial charge < -0.3 is 5.32 Å². The second-order valence-electron chi connectivity index (χ2n) is 6.07. The second kappa shape index (κ2) is 8.35. The SMILES string of the molecule is CC(=O)Nc1cnc(S(=O)(=O)Nc2nc(-c3ccc(F)c(Cl)c3)c(C#N)s2)c(C)c1. The number of hydrogen-bond acceptors (Lipinski definition) is 7. The van der Waals surface area contributed by atoms with Crippen molar-refractivity contribution < 1.29 is 17.6 Å². The van der Waals surface area contributed by atoms with Crippen LogP contribution in [-0.2, 0) is 14.8 Å². The summed E-state index contributed by atoms with van der Waals surface area (Å²) in [4.78, 5) is 19.3. The number of nitrogens with zero attached hydrogens (tertiary/aromatic N) is 3. The standard InChI is InChI=1S/C18H13ClFN5O3S2/c1-9-5-12(23-10(2)26)8-22-17(9)30(27,28)25-18-24-16(15(7-21)29-18)11-3-4-14(20)13(19)6-11/h3-6,8H,1-2H3,(H,23,26)(H,24,25). The number of amides is 1. The molecule has 12 heteroatoms. The van der Waals surface area contributed by atoms with Gasteiger partial charge in [-0.1, -0.05) is 22.9 Å². The first-order valence-electron chi connectivity index (χ1n) is 8.24. The maximum absolute atomic E-state index is 13.4. The monoisotopic (exact) mass is 465 g/mol. The summed E-state index contributed by atoms with van der Waals surface area (Å²) in [5.41, 5.74) is 1.20. The smallest absolute Gasteiger partial charge is 0.281 e. The number of thiazole rings is 1. The molecule has 0 aliphatic carbocycles. The molecule has 1 aromatic carbocycles. The van der Waals surface area contributed by atoms with E-state index in [4.69, 9.17) is 11.6 Å². The molecule has 0 saturated heterocycles. The molecule has 0 bridgehead atoms. The summed E-state index contributed by atoms with van der Waals surface area (Å²) in [6.07, 6.45) is 1.22. The highest BCUT2D eigenvalue weighted by molar-refractivity contribution is 7.92. The molecule has 0 atom stereocenters. The van der Waals surface area contributed by atoms with E-state index in [1.807, 2.05) is 6.07 Å². The molecule has 0 saturated carbocycles. The fourth-order valence-electron chi connectivity index (χ4n) is 2.56. The maximum Gasteiger partial charge on any atom is 0.281 e. The molecule has 154 valence electrons. The van der Waals surface area contributed by atoms with E-state index >= 15 is 0 Å². The number of hydrogen-bond donors (Lipinski definition) is 2. The summed E-state index contributed by atoms with van der Waals surface area (Å²) in [6, 6.07) is 7.23. The van der Waals surface area contributed by atoms with Gasteiger partial charge in [-0.3, -0.25) is 9.52 Å². The van der Waals surface area contributed by atoms with Gasteiger partial charge in [0.15, 0.2) is 10.2 Å². The van der Waals surface area contributed by atoms with Crippen LogP contribution in [0.25, 0.3) is 11.3 Å². The molecule has 1 amide bonds. The Labute approximate surface area is 180 Å². The third kappa shape index (κ3) is 4.56. The van der Waals surface area contributed by atoms with Crippen LogP contribution in [0.5, 0.6) is 0 Å². The van der Waals surface area contributed by atoms with Crippen molar-refractivity contribution in [1.82, 2.24) is 9.97 Å². The number of pyridine rings is 1. The predicted molar refractivity (Wildman–Crippen MR) is 111 cm³/mol. The Balaban J connectivity index is 1.94. The minimum Gasteiger partial charge on any atom is -0.325 e. The molecule has 3 aromatic rings. The summed E-state index contributed by atoms with van der Waals surface area (Å²) in [5.74, 6) is -0.940. The normalized spacial score (nSPS) is 11.0. The zero-order valence-corrected chi connectivity index (χ0v) is 17.9. The fourth-order valence-corrected chi connectivity index (χ4v) is 4.92. The highest BCUT2D eigenvalue weighted by atomic mass is 35.5. The number of benzene rings is 1. The summed E-state index contributed by atoms with van der Waals surface area (Å²) < 4.78 is 41.2. The van der Waals surface area contributed by atoms with E-state index < -0.39 is 15.8 Å². The Morgan fingerprint density at radius 2 is 2.07 bits per heavy atom. The van der Waals surface area contributed by atoms with E-state index in [1.54, 1.807) is 0 Å². The van der Waals surface area contributed by atoms with E-state index in [0.717, 1.165) is 17.4 Å². The molecular formula is C18H13ClFN5O3S2. The molecule has 0 unspecified atom stereocenters. The van der Waals surface area contributed by atoms with E-state index in [2.05, 4.69) is 20.0 Å². The number of carbonyl (C=O) groups is 1. The van der Waals surface area contributed by atoms with E-state index in [0.29, 0.717) is 16.8 Å². The number of aromatic nitrogens is 2. The van der Waals surface area contributed by atoms with Crippen LogP contribution in [0.15, 0.2) is 35.5 Å². The molecule has 0 spiro atoms. The van der Waals surface area contributed by atoms with Gasteiger partial charge in [-0.05, 0) is 36.8 Å². The number of sulfonamides is 1. The Kier molecular flexibility index (Phi) is 6.02. The molecule has 2 aromatic heterocycles. The fraction of sp³-hybridized carbons (Fsp3) is 0.111. The van der Waals surface area contributed by atoms with E-state index in [9.17, 15) is 22.9 Å². The van der Waals surface area contributed by atoms with E-state index in [-0.39, 0.29) is 31.7 Å². The maximum atomic E-state index is 13.4. The molecule has 2 N–H and O–H groups in total. The average Bonchev–Trinajstić information content (AvgIpc) is 3.05. The molecule has 8 nitrogen and oxygen atoms in total. The van der Waals surface area contributed by atoms with Crippen molar-refractivity contribution in [3.63, 3.8) is 0 Å². The van der Waals surface area contributed by atoms with Gasteiger partial charge in [0.1, 0.15) is 22.5 Å². The summed E-state index contributed by atoms with van der Waals surface area (Å²) in [7, 11) is -4.12. The van der Waals surface area contributed by atoms with Gasteiger partial charge in [0.05, 0.1) is 16.9 Å². The first-order chi connectivity index (χ1) is 14.1. The molecule has 0 radical (unpaired) electrons. The molecule has 0 fully saturated rings. The molecule has 0 aliphatic heterocycles. The Morgan fingerprint density at radius 3 is 2.67 bits per heavy atom. The number of rotatable bonds is 5. The third-order valence-corrected chi connectivity index (χ3v) is 6.44. The van der Waals surface area contributed by atoms with Crippen LogP contribution in [0, 0.1) is 24.1 Å². The zero-order chi connectivity index (χ0) is 22.1. The third-order valence-electron chi connectivity index (χ3n) is 3.75. The lowest BCUT2D eigenvalue weighted by Gasteiger charge is -2.09. The molecular weight excluding hydrogens is 453 g/mol. The minimum absolute atomic E-state index is 0.0610. The number of nitrogens with one attached hydrogen (secondary N) is 2. The molecule has 2 heterocycles. The van der Waals surface area contributed by atoms with Gasteiger partial charge in [-0.25, -0.2) is 14.4 Å². The topological polar surface area (TPSA) is 125 Å². The molecule has 0 aliphatic rings. The number of halogens is 2. The van der Waals surface area contributed by atoms with Gasteiger partial charge in [0.25, 0.3) is 10.0 Å². The minimum atomic E-state index is -4.12. The summed E-state index contributed by atoms with van der Waals surface area (Å²) in [5, 5.41) is 11.4. The number of carbonyl (C=O) groups excluding carboxylic acids is 1. The van der Waals surface area contributed by atoms with Crippen LogP contribution in [-0.4, -0.2) is 24.3 Å². The number of aryl methyl sites for hydroxylation is 1. The van der Waals surface area contributed by atoms with Crippen molar-refractivity contribution >= 4 is 49.7 Å². The quantitative estimate of drug-likeness (QED) is 0.588. The van der Waals surface area contributed by atoms with Gasteiger partial charge in [0.2, 0.25) is 5.91 Å². The van der Waals surface area contributed by atoms with Crippen molar-refractivity contribution in [3.8, 4) is 17.3 Å². The largest absolute Gasteiger partial charge is 0.325 e. The number of nitriles is 1. The lowest BCUT2D eigenvalue weighted by molar-refractivity contribution is -0.114. The first-order valence-corrected chi connectivity index (χ1v) is 10.9. The van der Waals surface area contributed by atoms with Gasteiger partial charge in [-0.15, -0.1) is 0 Å². The Bertz CT molecular complexity index is 1300. The Hall–Kier alpha value is -3.07. The van der Waals surface area contributed by atoms with Crippen molar-refractivity contribution in [1.29, 1.82) is 5.26 Å². The average molecular weight is 466 g/mol. The zero-order valence-electron chi connectivity index (χ0n) is 15.5. The van der Waals surface area contributed by atoms with Gasteiger partial charge in [-0.2, -0.15) is 13.7 Å². The molecule has 30 heavy (non-hydrogen) atoms. The second-order valence-corrected chi connectivity index (χ2v) is 9.07. The first kappa shape index (κ1) is 21.6. The predicted octanol–water partition coefficient (Wildman–Crippen LogP) is 3.94. The van der Waals surface area contributed by atoms with Crippen LogP contribution in [0.2, 0.25) is 5.02 Å². The van der Waals surface area contributed by atoms with Crippen molar-refractivity contribution in [2.75, 3.05) is 10.0 Å². The van der Waals surface area contributed by atoms with Crippen LogP contribution in [0.3, 0.4) is 0 Å². The number of anilines is 2. The molecule has 3 rings (SSSR count). The lowest BCUT2D eigenvalue weighted by atomic mass is 10.1. The van der Waals surface area contributed by atoms with Crippen LogP contribution < -0.4 is 10.0 Å². The van der Waals surface area contributed by atoms with Crippen LogP contribution >= 0.6 is 22.9 Å². The van der Waals surface area contributed by atoms with Crippen LogP contribution in [0.1, 0.15) is 17.4 Å². The van der Waals surface area contributed by atoms with Crippen LogP contribution in [0.4, 0.5) is 15.2 Å². The van der Waals surface area contributed by atoms with Gasteiger partial charge in [0, 0.05) is 12.5 Å². The highest BCUT2D eigenvalue weighted by Gasteiger charge is 2.23. The van der Waals surface area contributed by atoms with Crippen molar-refractivity contribution in [3.05, 3.63) is 51.7 Å². The van der Waals surface area contributed by atoms with E-state index in [1.165, 1.54) is 38.2 Å².